The summed E-state index contributed by atoms with van der Waals surface area (Å²) < 4.78 is 26.7. The summed E-state index contributed by atoms with van der Waals surface area (Å²) in [6.45, 7) is 0.731. The number of rotatable bonds is 2. The second-order valence-corrected chi connectivity index (χ2v) is 7.07. The van der Waals surface area contributed by atoms with Gasteiger partial charge in [-0.3, -0.25) is 0 Å². The predicted octanol–water partition coefficient (Wildman–Crippen LogP) is 2.63. The van der Waals surface area contributed by atoms with Crippen LogP contribution in [-0.2, 0) is 23.1 Å². The Labute approximate surface area is 122 Å². The molecule has 3 rings (SSSR count). The van der Waals surface area contributed by atoms with Crippen LogP contribution in [0.15, 0.2) is 47.4 Å². The van der Waals surface area contributed by atoms with Gasteiger partial charge < -0.3 is 5.73 Å². The molecule has 0 fully saturated rings. The first kappa shape index (κ1) is 13.4. The Bertz CT molecular complexity index is 749. The van der Waals surface area contributed by atoms with Gasteiger partial charge in [-0.15, -0.1) is 0 Å². The summed E-state index contributed by atoms with van der Waals surface area (Å²) >= 11 is 5.88. The molecule has 20 heavy (non-hydrogen) atoms. The van der Waals surface area contributed by atoms with Crippen LogP contribution in [-0.4, -0.2) is 12.7 Å². The van der Waals surface area contributed by atoms with Crippen LogP contribution in [0.2, 0.25) is 5.02 Å². The van der Waals surface area contributed by atoms with Gasteiger partial charge in [-0.25, -0.2) is 8.42 Å². The second-order valence-electron chi connectivity index (χ2n) is 4.72. The van der Waals surface area contributed by atoms with E-state index in [9.17, 15) is 8.42 Å². The summed E-state index contributed by atoms with van der Waals surface area (Å²) in [4.78, 5) is 0.0674. The number of hydrogen-bond donors (Lipinski definition) is 1. The quantitative estimate of drug-likeness (QED) is 0.867. The van der Waals surface area contributed by atoms with Crippen molar-refractivity contribution in [1.29, 1.82) is 0 Å². The summed E-state index contributed by atoms with van der Waals surface area (Å²) in [5.74, 6) is 0. The van der Waals surface area contributed by atoms with E-state index in [2.05, 4.69) is 0 Å². The molecule has 0 atom stereocenters. The third-order valence-corrected chi connectivity index (χ3v) is 5.49. The fourth-order valence-corrected chi connectivity index (χ4v) is 4.12. The number of nitrogen functional groups attached to an aromatic ring is 1. The van der Waals surface area contributed by atoms with Crippen LogP contribution in [0.3, 0.4) is 0 Å². The van der Waals surface area contributed by atoms with Crippen LogP contribution in [0, 0.1) is 0 Å². The summed E-state index contributed by atoms with van der Waals surface area (Å²) in [5.41, 5.74) is 8.05. The minimum absolute atomic E-state index is 0.0674. The molecule has 0 aromatic heterocycles. The molecule has 0 aliphatic carbocycles. The number of fused-ring (bicyclic) bond motifs is 1. The van der Waals surface area contributed by atoms with Crippen LogP contribution in [0.25, 0.3) is 0 Å². The van der Waals surface area contributed by atoms with E-state index < -0.39 is 10.0 Å². The Morgan fingerprint density at radius 3 is 2.25 bits per heavy atom. The maximum atomic E-state index is 12.7. The highest BCUT2D eigenvalue weighted by atomic mass is 35.5. The first-order valence-corrected chi connectivity index (χ1v) is 7.92. The maximum absolute atomic E-state index is 12.7. The molecule has 0 saturated heterocycles. The number of sulfonamides is 1. The lowest BCUT2D eigenvalue weighted by Gasteiger charge is -2.17. The molecule has 104 valence electrons. The molecule has 0 unspecified atom stereocenters. The molecule has 1 aliphatic rings. The molecular weight excluding hydrogens is 296 g/mol. The Morgan fingerprint density at radius 2 is 1.65 bits per heavy atom. The van der Waals surface area contributed by atoms with Gasteiger partial charge in [0, 0.05) is 18.1 Å². The third-order valence-electron chi connectivity index (χ3n) is 3.41. The molecule has 0 bridgehead atoms. The van der Waals surface area contributed by atoms with E-state index in [4.69, 9.17) is 17.3 Å². The van der Waals surface area contributed by atoms with Gasteiger partial charge in [0.25, 0.3) is 0 Å². The predicted molar refractivity (Wildman–Crippen MR) is 78.7 cm³/mol. The minimum Gasteiger partial charge on any atom is -0.398 e. The van der Waals surface area contributed by atoms with E-state index in [1.54, 1.807) is 6.07 Å². The van der Waals surface area contributed by atoms with Gasteiger partial charge in [0.05, 0.1) is 5.69 Å². The van der Waals surface area contributed by atoms with Crippen molar-refractivity contribution in [3.05, 3.63) is 58.6 Å². The molecular formula is C14H13ClN2O2S. The molecule has 6 heteroatoms. The van der Waals surface area contributed by atoms with Gasteiger partial charge in [-0.1, -0.05) is 35.9 Å². The Kier molecular flexibility index (Phi) is 3.20. The SMILES string of the molecule is Nc1ccc(Cl)cc1S(=O)(=O)N1Cc2ccccc2C1. The summed E-state index contributed by atoms with van der Waals surface area (Å²) in [6.07, 6.45) is 0. The highest BCUT2D eigenvalue weighted by molar-refractivity contribution is 7.89. The molecule has 4 nitrogen and oxygen atoms in total. The Balaban J connectivity index is 2.01. The van der Waals surface area contributed by atoms with Gasteiger partial charge in [0.2, 0.25) is 10.0 Å². The maximum Gasteiger partial charge on any atom is 0.245 e. The monoisotopic (exact) mass is 308 g/mol. The largest absolute Gasteiger partial charge is 0.398 e. The molecule has 0 spiro atoms. The van der Waals surface area contributed by atoms with Crippen LogP contribution in [0.1, 0.15) is 11.1 Å². The average molecular weight is 309 g/mol. The Morgan fingerprint density at radius 1 is 1.05 bits per heavy atom. The average Bonchev–Trinajstić information content (AvgIpc) is 2.86. The molecule has 2 N–H and O–H groups in total. The summed E-state index contributed by atoms with van der Waals surface area (Å²) in [6, 6.07) is 12.2. The molecule has 1 heterocycles. The zero-order chi connectivity index (χ0) is 14.3. The van der Waals surface area contributed by atoms with Gasteiger partial charge in [-0.05, 0) is 29.3 Å². The normalized spacial score (nSPS) is 15.2. The Hall–Kier alpha value is -1.56. The zero-order valence-electron chi connectivity index (χ0n) is 10.6. The standard InChI is InChI=1S/C14H13ClN2O2S/c15-12-5-6-13(16)14(7-12)20(18,19)17-8-10-3-1-2-4-11(10)9-17/h1-7H,8-9,16H2. The van der Waals surface area contributed by atoms with E-state index in [-0.39, 0.29) is 10.6 Å². The molecule has 1 aliphatic heterocycles. The molecule has 0 saturated carbocycles. The number of nitrogens with zero attached hydrogens (tertiary/aromatic N) is 1. The number of hydrogen-bond acceptors (Lipinski definition) is 3. The highest BCUT2D eigenvalue weighted by Crippen LogP contribution is 2.31. The van der Waals surface area contributed by atoms with E-state index in [1.807, 2.05) is 24.3 Å². The van der Waals surface area contributed by atoms with Gasteiger partial charge in [0.1, 0.15) is 4.90 Å². The first-order valence-electron chi connectivity index (χ1n) is 6.10. The molecule has 0 radical (unpaired) electrons. The van der Waals surface area contributed by atoms with Crippen molar-refractivity contribution < 1.29 is 8.42 Å². The molecule has 2 aromatic rings. The zero-order valence-corrected chi connectivity index (χ0v) is 12.2. The first-order chi connectivity index (χ1) is 9.48. The third kappa shape index (κ3) is 2.18. The minimum atomic E-state index is -3.64. The second kappa shape index (κ2) is 4.77. The lowest BCUT2D eigenvalue weighted by molar-refractivity contribution is 0.432. The van der Waals surface area contributed by atoms with Crippen LogP contribution in [0.4, 0.5) is 5.69 Å². The fourth-order valence-electron chi connectivity index (χ4n) is 2.34. The molecule has 0 amide bonds. The smallest absolute Gasteiger partial charge is 0.245 e. The topological polar surface area (TPSA) is 63.4 Å². The van der Waals surface area contributed by atoms with Crippen molar-refractivity contribution in [2.75, 3.05) is 5.73 Å². The van der Waals surface area contributed by atoms with Crippen molar-refractivity contribution in [1.82, 2.24) is 4.31 Å². The summed E-state index contributed by atoms with van der Waals surface area (Å²) in [7, 11) is -3.64. The van der Waals surface area contributed by atoms with Crippen LogP contribution >= 0.6 is 11.6 Å². The fraction of sp³-hybridized carbons (Fsp3) is 0.143. The van der Waals surface area contributed by atoms with Crippen LogP contribution < -0.4 is 5.73 Å². The van der Waals surface area contributed by atoms with Gasteiger partial charge in [-0.2, -0.15) is 4.31 Å². The van der Waals surface area contributed by atoms with Gasteiger partial charge >= 0.3 is 0 Å². The summed E-state index contributed by atoms with van der Waals surface area (Å²) in [5, 5.41) is 0.356. The van der Waals surface area contributed by atoms with Crippen molar-refractivity contribution in [2.45, 2.75) is 18.0 Å². The van der Waals surface area contributed by atoms with Crippen molar-refractivity contribution in [3.8, 4) is 0 Å². The van der Waals surface area contributed by atoms with Crippen molar-refractivity contribution in [3.63, 3.8) is 0 Å². The number of anilines is 1. The molecule has 2 aromatic carbocycles. The van der Waals surface area contributed by atoms with Crippen LogP contribution in [0.5, 0.6) is 0 Å². The lowest BCUT2D eigenvalue weighted by Crippen LogP contribution is -2.26. The lowest BCUT2D eigenvalue weighted by atomic mass is 10.1. The van der Waals surface area contributed by atoms with E-state index in [0.29, 0.717) is 18.1 Å². The number of benzene rings is 2. The van der Waals surface area contributed by atoms with E-state index in [0.717, 1.165) is 11.1 Å². The van der Waals surface area contributed by atoms with Gasteiger partial charge in [0.15, 0.2) is 0 Å². The van der Waals surface area contributed by atoms with Crippen molar-refractivity contribution in [2.24, 2.45) is 0 Å². The number of halogens is 1. The van der Waals surface area contributed by atoms with E-state index in [1.165, 1.54) is 16.4 Å². The highest BCUT2D eigenvalue weighted by Gasteiger charge is 2.31. The number of nitrogens with two attached hydrogens (primary N) is 1. The van der Waals surface area contributed by atoms with E-state index >= 15 is 0 Å². The van der Waals surface area contributed by atoms with Crippen molar-refractivity contribution >= 4 is 27.3 Å².